The van der Waals surface area contributed by atoms with Crippen LogP contribution in [0.25, 0.3) is 0 Å². The summed E-state index contributed by atoms with van der Waals surface area (Å²) in [6.45, 7) is 3.75. The molecule has 0 aromatic rings. The molecule has 1 fully saturated rings. The number of carbonyl (C=O) groups excluding carboxylic acids is 1. The van der Waals surface area contributed by atoms with E-state index in [4.69, 9.17) is 5.26 Å². The Hall–Kier alpha value is -0.880. The van der Waals surface area contributed by atoms with Crippen LogP contribution < -0.4 is 0 Å². The number of carbonyl (C=O) groups is 1. The van der Waals surface area contributed by atoms with E-state index in [9.17, 15) is 4.79 Å². The average Bonchev–Trinajstić information content (AvgIpc) is 2.20. The molecule has 0 aromatic carbocycles. The first kappa shape index (κ1) is 12.2. The van der Waals surface area contributed by atoms with Gasteiger partial charge in [0.25, 0.3) is 0 Å². The lowest BCUT2D eigenvalue weighted by atomic mass is 9.97. The second-order valence-corrected chi connectivity index (χ2v) is 4.35. The first-order valence-electron chi connectivity index (χ1n) is 5.84. The van der Waals surface area contributed by atoms with Crippen LogP contribution in [-0.2, 0) is 4.79 Å². The number of piperidine rings is 1. The van der Waals surface area contributed by atoms with Gasteiger partial charge in [-0.05, 0) is 39.3 Å². The van der Waals surface area contributed by atoms with E-state index < -0.39 is 0 Å². The summed E-state index contributed by atoms with van der Waals surface area (Å²) in [6.07, 6.45) is 5.88. The van der Waals surface area contributed by atoms with Crippen molar-refractivity contribution in [2.75, 3.05) is 13.1 Å². The zero-order chi connectivity index (χ0) is 11.1. The quantitative estimate of drug-likeness (QED) is 0.650. The molecule has 0 aromatic heterocycles. The van der Waals surface area contributed by atoms with Crippen LogP contribution in [0.15, 0.2) is 0 Å². The van der Waals surface area contributed by atoms with Gasteiger partial charge < -0.3 is 0 Å². The lowest BCUT2D eigenvalue weighted by Gasteiger charge is -2.35. The molecule has 1 unspecified atom stereocenters. The van der Waals surface area contributed by atoms with Crippen molar-refractivity contribution in [2.24, 2.45) is 0 Å². The molecule has 0 amide bonds. The monoisotopic (exact) mass is 208 g/mol. The van der Waals surface area contributed by atoms with Crippen LogP contribution in [0, 0.1) is 11.3 Å². The van der Waals surface area contributed by atoms with Crippen LogP contribution in [0.1, 0.15) is 45.4 Å². The smallest absolute Gasteiger partial charge is 0.131 e. The Labute approximate surface area is 92.1 Å². The highest BCUT2D eigenvalue weighted by Gasteiger charge is 2.22. The third-order valence-electron chi connectivity index (χ3n) is 3.01. The van der Waals surface area contributed by atoms with E-state index >= 15 is 0 Å². The fourth-order valence-electron chi connectivity index (χ4n) is 2.28. The number of hydrogen-bond acceptors (Lipinski definition) is 3. The molecule has 1 rings (SSSR count). The summed E-state index contributed by atoms with van der Waals surface area (Å²) in [7, 11) is 0. The molecule has 0 bridgehead atoms. The Morgan fingerprint density at radius 3 is 3.00 bits per heavy atom. The van der Waals surface area contributed by atoms with E-state index in [0.29, 0.717) is 18.9 Å². The van der Waals surface area contributed by atoms with Crippen LogP contribution in [0.5, 0.6) is 0 Å². The number of rotatable bonds is 5. The molecular weight excluding hydrogens is 188 g/mol. The Morgan fingerprint density at radius 1 is 1.53 bits per heavy atom. The van der Waals surface area contributed by atoms with Gasteiger partial charge in [0.1, 0.15) is 5.78 Å². The maximum atomic E-state index is 11.1. The van der Waals surface area contributed by atoms with Gasteiger partial charge in [-0.25, -0.2) is 0 Å². The van der Waals surface area contributed by atoms with Crippen molar-refractivity contribution < 1.29 is 4.79 Å². The average molecular weight is 208 g/mol. The van der Waals surface area contributed by atoms with Crippen LogP contribution in [0.3, 0.4) is 0 Å². The molecular formula is C12H20N2O. The van der Waals surface area contributed by atoms with Crippen molar-refractivity contribution in [3.8, 4) is 6.07 Å². The Bertz CT molecular complexity index is 244. The standard InChI is InChI=1S/C12H20N2O/c1-11(15)10-12-6-2-4-8-14(12)9-5-3-7-13/h12H,2-6,8-10H2,1H3. The first-order chi connectivity index (χ1) is 7.24. The van der Waals surface area contributed by atoms with Gasteiger partial charge in [0, 0.05) is 18.9 Å². The molecule has 1 atom stereocenters. The predicted molar refractivity (Wildman–Crippen MR) is 59.4 cm³/mol. The lowest BCUT2D eigenvalue weighted by molar-refractivity contribution is -0.118. The summed E-state index contributed by atoms with van der Waals surface area (Å²) in [6, 6.07) is 2.61. The van der Waals surface area contributed by atoms with Crippen molar-refractivity contribution in [1.29, 1.82) is 5.26 Å². The van der Waals surface area contributed by atoms with Gasteiger partial charge in [0.05, 0.1) is 6.07 Å². The Balaban J connectivity index is 2.36. The molecule has 0 spiro atoms. The minimum atomic E-state index is 0.284. The highest BCUT2D eigenvalue weighted by Crippen LogP contribution is 2.20. The first-order valence-corrected chi connectivity index (χ1v) is 5.84. The number of Topliss-reactive ketones (excluding diaryl/α,β-unsaturated/α-hetero) is 1. The van der Waals surface area contributed by atoms with Crippen molar-refractivity contribution >= 4 is 5.78 Å². The van der Waals surface area contributed by atoms with Crippen LogP contribution in [0.4, 0.5) is 0 Å². The molecule has 1 aliphatic rings. The summed E-state index contributed by atoms with van der Waals surface area (Å²) < 4.78 is 0. The minimum Gasteiger partial charge on any atom is -0.300 e. The fraction of sp³-hybridized carbons (Fsp3) is 0.833. The topological polar surface area (TPSA) is 44.1 Å². The van der Waals surface area contributed by atoms with Crippen molar-refractivity contribution in [3.05, 3.63) is 0 Å². The van der Waals surface area contributed by atoms with E-state index in [1.54, 1.807) is 6.92 Å². The summed E-state index contributed by atoms with van der Waals surface area (Å²) in [5, 5.41) is 8.48. The van der Waals surface area contributed by atoms with E-state index in [1.807, 2.05) is 0 Å². The van der Waals surface area contributed by atoms with Gasteiger partial charge in [-0.3, -0.25) is 9.69 Å². The number of ketones is 1. The van der Waals surface area contributed by atoms with Crippen LogP contribution in [-0.4, -0.2) is 29.8 Å². The van der Waals surface area contributed by atoms with Crippen molar-refractivity contribution in [3.63, 3.8) is 0 Å². The number of unbranched alkanes of at least 4 members (excludes halogenated alkanes) is 1. The molecule has 0 radical (unpaired) electrons. The zero-order valence-electron chi connectivity index (χ0n) is 9.54. The van der Waals surface area contributed by atoms with Gasteiger partial charge in [-0.1, -0.05) is 6.42 Å². The molecule has 3 heteroatoms. The van der Waals surface area contributed by atoms with Gasteiger partial charge in [-0.2, -0.15) is 5.26 Å². The summed E-state index contributed by atoms with van der Waals surface area (Å²) in [4.78, 5) is 13.5. The second kappa shape index (κ2) is 6.58. The normalized spacial score (nSPS) is 22.3. The lowest BCUT2D eigenvalue weighted by Crippen LogP contribution is -2.41. The number of likely N-dealkylation sites (tertiary alicyclic amines) is 1. The number of nitrogens with zero attached hydrogens (tertiary/aromatic N) is 2. The summed E-state index contributed by atoms with van der Waals surface area (Å²) in [5.41, 5.74) is 0. The third-order valence-corrected chi connectivity index (χ3v) is 3.01. The minimum absolute atomic E-state index is 0.284. The number of nitriles is 1. The zero-order valence-corrected chi connectivity index (χ0v) is 9.54. The molecule has 1 aliphatic heterocycles. The van der Waals surface area contributed by atoms with E-state index in [-0.39, 0.29) is 5.78 Å². The Morgan fingerprint density at radius 2 is 2.33 bits per heavy atom. The molecule has 3 nitrogen and oxygen atoms in total. The summed E-state index contributed by atoms with van der Waals surface area (Å²) >= 11 is 0. The summed E-state index contributed by atoms with van der Waals surface area (Å²) in [5.74, 6) is 0.284. The third kappa shape index (κ3) is 4.44. The Kier molecular flexibility index (Phi) is 5.34. The highest BCUT2D eigenvalue weighted by atomic mass is 16.1. The number of hydrogen-bond donors (Lipinski definition) is 0. The van der Waals surface area contributed by atoms with E-state index in [1.165, 1.54) is 12.8 Å². The fourth-order valence-corrected chi connectivity index (χ4v) is 2.28. The molecule has 15 heavy (non-hydrogen) atoms. The molecule has 0 aliphatic carbocycles. The van der Waals surface area contributed by atoms with Gasteiger partial charge in [0.15, 0.2) is 0 Å². The maximum absolute atomic E-state index is 11.1. The maximum Gasteiger partial charge on any atom is 0.131 e. The van der Waals surface area contributed by atoms with Gasteiger partial charge in [-0.15, -0.1) is 0 Å². The van der Waals surface area contributed by atoms with Crippen LogP contribution in [0.2, 0.25) is 0 Å². The molecule has 84 valence electrons. The molecule has 1 heterocycles. The second-order valence-electron chi connectivity index (χ2n) is 4.35. The van der Waals surface area contributed by atoms with Crippen molar-refractivity contribution in [1.82, 2.24) is 4.90 Å². The molecule has 0 N–H and O–H groups in total. The molecule has 1 saturated heterocycles. The van der Waals surface area contributed by atoms with E-state index in [2.05, 4.69) is 11.0 Å². The van der Waals surface area contributed by atoms with E-state index in [0.717, 1.165) is 25.9 Å². The van der Waals surface area contributed by atoms with Gasteiger partial charge >= 0.3 is 0 Å². The molecule has 0 saturated carbocycles. The SMILES string of the molecule is CC(=O)CC1CCCCN1CCCC#N. The van der Waals surface area contributed by atoms with Crippen molar-refractivity contribution in [2.45, 2.75) is 51.5 Å². The largest absolute Gasteiger partial charge is 0.300 e. The highest BCUT2D eigenvalue weighted by molar-refractivity contribution is 5.76. The predicted octanol–water partition coefficient (Wildman–Crippen LogP) is 2.12. The van der Waals surface area contributed by atoms with Crippen LogP contribution >= 0.6 is 0 Å². The van der Waals surface area contributed by atoms with Gasteiger partial charge in [0.2, 0.25) is 0 Å².